The summed E-state index contributed by atoms with van der Waals surface area (Å²) in [7, 11) is 0.445. The molecule has 0 aliphatic heterocycles. The summed E-state index contributed by atoms with van der Waals surface area (Å²) >= 11 is 5.95. The first-order chi connectivity index (χ1) is 8.15. The lowest BCUT2D eigenvalue weighted by Gasteiger charge is -2.06. The van der Waals surface area contributed by atoms with Crippen LogP contribution in [0.2, 0.25) is 5.02 Å². The van der Waals surface area contributed by atoms with Gasteiger partial charge in [0.2, 0.25) is 0 Å². The molecule has 0 fully saturated rings. The molecule has 0 spiro atoms. The number of methoxy groups -OCH3 is 1. The Hall–Kier alpha value is -0.620. The van der Waals surface area contributed by atoms with Crippen LogP contribution in [0.5, 0.6) is 0 Å². The van der Waals surface area contributed by atoms with Crippen molar-refractivity contribution in [2.75, 3.05) is 38.4 Å². The molecule has 0 saturated heterocycles. The molecule has 6 heteroatoms. The van der Waals surface area contributed by atoms with Gasteiger partial charge >= 0.3 is 0 Å². The second kappa shape index (κ2) is 7.66. The third-order valence-electron chi connectivity index (χ3n) is 2.05. The molecule has 17 heavy (non-hydrogen) atoms. The molecule has 0 saturated carbocycles. The Labute approximate surface area is 109 Å². The van der Waals surface area contributed by atoms with Crippen LogP contribution < -0.4 is 5.73 Å². The molecule has 0 aliphatic carbocycles. The smallest absolute Gasteiger partial charge is 0.0700 e. The van der Waals surface area contributed by atoms with E-state index in [4.69, 9.17) is 26.8 Å². The molecular formula is C11H16ClNO3S. The van der Waals surface area contributed by atoms with Crippen molar-refractivity contribution in [2.45, 2.75) is 4.90 Å². The standard InChI is InChI=1S/C11H16ClNO3S/c1-15-4-5-16-6-7-17(14)11-3-2-9(13)8-10(11)12/h2-3,8H,4-7,13H2,1H3. The van der Waals surface area contributed by atoms with Gasteiger partial charge in [-0.05, 0) is 18.2 Å². The van der Waals surface area contributed by atoms with E-state index in [0.717, 1.165) is 0 Å². The predicted octanol–water partition coefficient (Wildman–Crippen LogP) is 1.69. The number of nitrogens with two attached hydrogens (primary N) is 1. The molecule has 1 aromatic carbocycles. The number of halogens is 1. The second-order valence-electron chi connectivity index (χ2n) is 3.34. The van der Waals surface area contributed by atoms with Crippen molar-refractivity contribution in [3.8, 4) is 0 Å². The van der Waals surface area contributed by atoms with Gasteiger partial charge in [0.1, 0.15) is 0 Å². The zero-order chi connectivity index (χ0) is 12.7. The van der Waals surface area contributed by atoms with Crippen LogP contribution in [0.1, 0.15) is 0 Å². The Morgan fingerprint density at radius 2 is 2.12 bits per heavy atom. The maximum Gasteiger partial charge on any atom is 0.0700 e. The Balaban J connectivity index is 2.42. The molecule has 0 aliphatic rings. The first kappa shape index (κ1) is 14.4. The number of hydrogen-bond donors (Lipinski definition) is 1. The molecule has 0 radical (unpaired) electrons. The SMILES string of the molecule is COCCOCCS(=O)c1ccc(N)cc1Cl. The number of nitrogen functional groups attached to an aromatic ring is 1. The lowest BCUT2D eigenvalue weighted by Crippen LogP contribution is -2.10. The molecular weight excluding hydrogens is 262 g/mol. The Bertz CT molecular complexity index is 387. The molecule has 2 N–H and O–H groups in total. The van der Waals surface area contributed by atoms with Gasteiger partial charge < -0.3 is 15.2 Å². The van der Waals surface area contributed by atoms with Crippen molar-refractivity contribution in [1.82, 2.24) is 0 Å². The first-order valence-electron chi connectivity index (χ1n) is 5.15. The molecule has 1 aromatic rings. The van der Waals surface area contributed by atoms with Crippen LogP contribution in [0.3, 0.4) is 0 Å². The van der Waals surface area contributed by atoms with E-state index < -0.39 is 10.8 Å². The fraction of sp³-hybridized carbons (Fsp3) is 0.455. The van der Waals surface area contributed by atoms with E-state index in [1.807, 2.05) is 0 Å². The van der Waals surface area contributed by atoms with E-state index in [2.05, 4.69) is 0 Å². The zero-order valence-electron chi connectivity index (χ0n) is 9.65. The average Bonchev–Trinajstić information content (AvgIpc) is 2.28. The minimum Gasteiger partial charge on any atom is -0.399 e. The summed E-state index contributed by atoms with van der Waals surface area (Å²) in [5.41, 5.74) is 6.12. The van der Waals surface area contributed by atoms with E-state index in [-0.39, 0.29) is 0 Å². The van der Waals surface area contributed by atoms with Crippen LogP contribution in [0.25, 0.3) is 0 Å². The van der Waals surface area contributed by atoms with Gasteiger partial charge in [-0.3, -0.25) is 4.21 Å². The maximum absolute atomic E-state index is 11.9. The Kier molecular flexibility index (Phi) is 6.50. The van der Waals surface area contributed by atoms with Gasteiger partial charge in [0.25, 0.3) is 0 Å². The molecule has 0 heterocycles. The maximum atomic E-state index is 11.9. The summed E-state index contributed by atoms with van der Waals surface area (Å²) in [4.78, 5) is 0.594. The summed E-state index contributed by atoms with van der Waals surface area (Å²) < 4.78 is 22.0. The molecule has 0 bridgehead atoms. The highest BCUT2D eigenvalue weighted by atomic mass is 35.5. The van der Waals surface area contributed by atoms with Crippen molar-refractivity contribution in [1.29, 1.82) is 0 Å². The summed E-state index contributed by atoms with van der Waals surface area (Å²) in [6.07, 6.45) is 0. The lowest BCUT2D eigenvalue weighted by atomic mass is 10.3. The Morgan fingerprint density at radius 1 is 1.35 bits per heavy atom. The minimum atomic E-state index is -1.16. The van der Waals surface area contributed by atoms with Crippen LogP contribution in [-0.2, 0) is 20.3 Å². The highest BCUT2D eigenvalue weighted by Gasteiger charge is 2.08. The van der Waals surface area contributed by atoms with Gasteiger partial charge in [-0.1, -0.05) is 11.6 Å². The molecule has 96 valence electrons. The third-order valence-corrected chi connectivity index (χ3v) is 3.85. The largest absolute Gasteiger partial charge is 0.399 e. The normalized spacial score (nSPS) is 12.6. The van der Waals surface area contributed by atoms with E-state index in [9.17, 15) is 4.21 Å². The van der Waals surface area contributed by atoms with Crippen LogP contribution in [-0.4, -0.2) is 36.9 Å². The topological polar surface area (TPSA) is 61.5 Å². The van der Waals surface area contributed by atoms with E-state index >= 15 is 0 Å². The van der Waals surface area contributed by atoms with E-state index in [1.165, 1.54) is 0 Å². The lowest BCUT2D eigenvalue weighted by molar-refractivity contribution is 0.0787. The fourth-order valence-corrected chi connectivity index (χ4v) is 2.62. The summed E-state index contributed by atoms with van der Waals surface area (Å²) in [6.45, 7) is 1.45. The number of rotatable bonds is 7. The summed E-state index contributed by atoms with van der Waals surface area (Å²) in [5, 5.41) is 0.431. The van der Waals surface area contributed by atoms with Crippen molar-refractivity contribution in [3.05, 3.63) is 23.2 Å². The van der Waals surface area contributed by atoms with Crippen molar-refractivity contribution in [3.63, 3.8) is 0 Å². The third kappa shape index (κ3) is 5.04. The number of hydrogen-bond acceptors (Lipinski definition) is 4. The van der Waals surface area contributed by atoms with Crippen LogP contribution in [0.15, 0.2) is 23.1 Å². The molecule has 4 nitrogen and oxygen atoms in total. The van der Waals surface area contributed by atoms with Gasteiger partial charge in [0.15, 0.2) is 0 Å². The highest BCUT2D eigenvalue weighted by molar-refractivity contribution is 7.85. The van der Waals surface area contributed by atoms with E-state index in [1.54, 1.807) is 25.3 Å². The number of anilines is 1. The first-order valence-corrected chi connectivity index (χ1v) is 6.85. The van der Waals surface area contributed by atoms with Crippen LogP contribution in [0.4, 0.5) is 5.69 Å². The minimum absolute atomic E-state index is 0.410. The second-order valence-corrected chi connectivity index (χ2v) is 5.29. The number of ether oxygens (including phenoxy) is 2. The summed E-state index contributed by atoms with van der Waals surface area (Å²) in [5.74, 6) is 0.410. The fourth-order valence-electron chi connectivity index (χ4n) is 1.19. The molecule has 1 atom stereocenters. The van der Waals surface area contributed by atoms with Gasteiger partial charge in [0, 0.05) is 12.8 Å². The van der Waals surface area contributed by atoms with Crippen molar-refractivity contribution < 1.29 is 13.7 Å². The van der Waals surface area contributed by atoms with Crippen LogP contribution >= 0.6 is 11.6 Å². The molecule has 0 amide bonds. The number of benzene rings is 1. The van der Waals surface area contributed by atoms with Crippen LogP contribution in [0, 0.1) is 0 Å². The predicted molar refractivity (Wildman–Crippen MR) is 69.8 cm³/mol. The van der Waals surface area contributed by atoms with Crippen molar-refractivity contribution in [2.24, 2.45) is 0 Å². The van der Waals surface area contributed by atoms with Gasteiger partial charge in [-0.15, -0.1) is 0 Å². The zero-order valence-corrected chi connectivity index (χ0v) is 11.2. The molecule has 1 unspecified atom stereocenters. The molecule has 0 aromatic heterocycles. The quantitative estimate of drug-likeness (QED) is 0.609. The Morgan fingerprint density at radius 3 is 2.76 bits per heavy atom. The van der Waals surface area contributed by atoms with Crippen molar-refractivity contribution >= 4 is 28.1 Å². The average molecular weight is 278 g/mol. The van der Waals surface area contributed by atoms with E-state index in [0.29, 0.717) is 41.2 Å². The van der Waals surface area contributed by atoms with Gasteiger partial charge in [-0.25, -0.2) is 0 Å². The van der Waals surface area contributed by atoms with Gasteiger partial charge in [0.05, 0.1) is 46.3 Å². The summed E-state index contributed by atoms with van der Waals surface area (Å²) in [6, 6.07) is 4.97. The monoisotopic (exact) mass is 277 g/mol. The highest BCUT2D eigenvalue weighted by Crippen LogP contribution is 2.22. The van der Waals surface area contributed by atoms with Gasteiger partial charge in [-0.2, -0.15) is 0 Å². The molecule has 1 rings (SSSR count).